The highest BCUT2D eigenvalue weighted by Gasteiger charge is 2.55. The van der Waals surface area contributed by atoms with E-state index in [1.165, 1.54) is 0 Å². The molecule has 32 heavy (non-hydrogen) atoms. The second-order valence-corrected chi connectivity index (χ2v) is 8.41. The van der Waals surface area contributed by atoms with Crippen LogP contribution in [0.2, 0.25) is 0 Å². The predicted molar refractivity (Wildman–Crippen MR) is 119 cm³/mol. The molecule has 0 saturated carbocycles. The largest absolute Gasteiger partial charge is 0.493 e. The Labute approximate surface area is 186 Å². The van der Waals surface area contributed by atoms with Gasteiger partial charge < -0.3 is 37.7 Å². The number of rotatable bonds is 7. The van der Waals surface area contributed by atoms with E-state index in [2.05, 4.69) is 5.32 Å². The van der Waals surface area contributed by atoms with E-state index in [1.807, 2.05) is 30.3 Å². The van der Waals surface area contributed by atoms with Gasteiger partial charge in [0.1, 0.15) is 5.75 Å². The number of nitrogens with two attached hydrogens (primary N) is 4. The van der Waals surface area contributed by atoms with Gasteiger partial charge in [-0.2, -0.15) is 0 Å². The third-order valence-electron chi connectivity index (χ3n) is 6.47. The molecule has 0 saturated heterocycles. The molecule has 2 aromatic rings. The van der Waals surface area contributed by atoms with Crippen molar-refractivity contribution >= 4 is 12.0 Å². The second kappa shape index (κ2) is 8.78. The van der Waals surface area contributed by atoms with Crippen LogP contribution in [0.5, 0.6) is 5.75 Å². The highest BCUT2D eigenvalue weighted by atomic mass is 16.5. The molecule has 4 atom stereocenters. The molecule has 1 aliphatic carbocycles. The summed E-state index contributed by atoms with van der Waals surface area (Å²) in [5, 5.41) is 2.73. The van der Waals surface area contributed by atoms with Crippen LogP contribution in [0.4, 0.5) is 4.79 Å². The summed E-state index contributed by atoms with van der Waals surface area (Å²) in [5.74, 6) is -0.171. The van der Waals surface area contributed by atoms with Crippen molar-refractivity contribution in [1.82, 2.24) is 5.32 Å². The number of carbonyl (C=O) groups is 2. The average Bonchev–Trinajstić information content (AvgIpc) is 2.99. The Balaban J connectivity index is 1.36. The van der Waals surface area contributed by atoms with E-state index >= 15 is 0 Å². The summed E-state index contributed by atoms with van der Waals surface area (Å²) >= 11 is 0. The summed E-state index contributed by atoms with van der Waals surface area (Å²) in [6, 6.07) is 11.8. The van der Waals surface area contributed by atoms with Crippen LogP contribution in [-0.2, 0) is 16.8 Å². The van der Waals surface area contributed by atoms with Gasteiger partial charge in [0, 0.05) is 35.7 Å². The molecule has 4 rings (SSSR count). The first-order valence-corrected chi connectivity index (χ1v) is 10.7. The molecule has 0 fully saturated rings. The Morgan fingerprint density at radius 3 is 2.66 bits per heavy atom. The molecule has 9 nitrogen and oxygen atoms in total. The summed E-state index contributed by atoms with van der Waals surface area (Å²) in [6.45, 7) is 0.974. The fourth-order valence-corrected chi connectivity index (χ4v) is 4.72. The molecule has 0 aromatic heterocycles. The lowest BCUT2D eigenvalue weighted by molar-refractivity contribution is 0.0950. The molecule has 2 amide bonds. The van der Waals surface area contributed by atoms with Crippen LogP contribution in [-0.4, -0.2) is 31.3 Å². The quantitative estimate of drug-likeness (QED) is 0.401. The zero-order valence-corrected chi connectivity index (χ0v) is 17.8. The van der Waals surface area contributed by atoms with Crippen molar-refractivity contribution in [2.75, 3.05) is 13.2 Å². The Kier molecular flexibility index (Phi) is 6.05. The van der Waals surface area contributed by atoms with Crippen molar-refractivity contribution in [3.8, 4) is 5.75 Å². The number of nitrogens with one attached hydrogen (secondary N) is 1. The van der Waals surface area contributed by atoms with Gasteiger partial charge >= 0.3 is 6.09 Å². The molecule has 2 aromatic carbocycles. The first-order chi connectivity index (χ1) is 15.3. The van der Waals surface area contributed by atoms with Crippen LogP contribution in [0.25, 0.3) is 0 Å². The van der Waals surface area contributed by atoms with E-state index in [0.717, 1.165) is 11.1 Å². The van der Waals surface area contributed by atoms with E-state index < -0.39 is 29.6 Å². The van der Waals surface area contributed by atoms with Crippen molar-refractivity contribution < 1.29 is 19.1 Å². The monoisotopic (exact) mass is 439 g/mol. The van der Waals surface area contributed by atoms with Crippen LogP contribution >= 0.6 is 0 Å². The number of amides is 2. The molecule has 9 N–H and O–H groups in total. The van der Waals surface area contributed by atoms with Crippen molar-refractivity contribution in [3.05, 3.63) is 64.7 Å². The maximum atomic E-state index is 11.9. The van der Waals surface area contributed by atoms with Crippen LogP contribution in [0.15, 0.2) is 42.5 Å². The minimum absolute atomic E-state index is 0.118. The molecule has 1 heterocycles. The highest BCUT2D eigenvalue weighted by Crippen LogP contribution is 2.52. The second-order valence-electron chi connectivity index (χ2n) is 8.41. The van der Waals surface area contributed by atoms with Crippen LogP contribution in [0.3, 0.4) is 0 Å². The van der Waals surface area contributed by atoms with E-state index in [0.29, 0.717) is 42.9 Å². The van der Waals surface area contributed by atoms with Gasteiger partial charge in [0.15, 0.2) is 0 Å². The van der Waals surface area contributed by atoms with Crippen LogP contribution in [0, 0.1) is 5.92 Å². The lowest BCUT2D eigenvalue weighted by Crippen LogP contribution is -2.59. The van der Waals surface area contributed by atoms with Gasteiger partial charge in [-0.3, -0.25) is 4.79 Å². The molecule has 0 spiro atoms. The summed E-state index contributed by atoms with van der Waals surface area (Å²) in [7, 11) is 0. The molecule has 1 aliphatic heterocycles. The van der Waals surface area contributed by atoms with Gasteiger partial charge in [-0.25, -0.2) is 4.79 Å². The first-order valence-electron chi connectivity index (χ1n) is 10.7. The molecule has 9 heteroatoms. The zero-order chi connectivity index (χ0) is 22.9. The van der Waals surface area contributed by atoms with Gasteiger partial charge in [-0.05, 0) is 36.1 Å². The van der Waals surface area contributed by atoms with Gasteiger partial charge in [0.25, 0.3) is 0 Å². The van der Waals surface area contributed by atoms with Gasteiger partial charge in [0.05, 0.1) is 18.8 Å². The highest BCUT2D eigenvalue weighted by molar-refractivity contribution is 5.94. The number of hydrogen-bond acceptors (Lipinski definition) is 7. The van der Waals surface area contributed by atoms with Crippen LogP contribution < -0.4 is 33.0 Å². The van der Waals surface area contributed by atoms with Crippen LogP contribution in [0.1, 0.15) is 45.9 Å². The molecule has 0 bridgehead atoms. The molecule has 0 radical (unpaired) electrons. The molecule has 170 valence electrons. The van der Waals surface area contributed by atoms with Gasteiger partial charge in [0.2, 0.25) is 5.91 Å². The average molecular weight is 440 g/mol. The number of alkyl carbamates (subject to hydrolysis) is 1. The van der Waals surface area contributed by atoms with Crippen molar-refractivity contribution in [1.29, 1.82) is 0 Å². The number of benzene rings is 2. The third kappa shape index (κ3) is 3.90. The standard InChI is InChI=1S/C23H29N5O4/c24-19-16-9-14(21(26)29)10-17-18(16)23(27,20(19)25)15(12-32-17)7-4-8-31-22(30)28-11-13-5-2-1-3-6-13/h1-3,5-6,9-10,15,19-20H,4,7-8,11-12,24-25,27H2,(H2,26,29)(H,28,30)/t15-,19+,20+,23+/m1/s1. The molecular formula is C23H29N5O4. The van der Waals surface area contributed by atoms with E-state index in [-0.39, 0.29) is 12.5 Å². The van der Waals surface area contributed by atoms with E-state index in [1.54, 1.807) is 12.1 Å². The Morgan fingerprint density at radius 2 is 1.94 bits per heavy atom. The SMILES string of the molecule is NC(=O)c1cc2c3c(c1)[C@H](N)[C@H](N)[C@]3(N)[C@H](CCCOC(=O)NCc1ccccc1)CO2. The summed E-state index contributed by atoms with van der Waals surface area (Å²) < 4.78 is 11.2. The number of ether oxygens (including phenoxy) is 2. The fraction of sp³-hybridized carbons (Fsp3) is 0.391. The third-order valence-corrected chi connectivity index (χ3v) is 6.47. The minimum Gasteiger partial charge on any atom is -0.493 e. The lowest BCUT2D eigenvalue weighted by Gasteiger charge is -2.43. The normalized spacial score (nSPS) is 25.5. The van der Waals surface area contributed by atoms with Gasteiger partial charge in [-0.1, -0.05) is 30.3 Å². The summed E-state index contributed by atoms with van der Waals surface area (Å²) in [5.41, 5.74) is 27.0. The molecule has 0 unspecified atom stereocenters. The molecular weight excluding hydrogens is 410 g/mol. The lowest BCUT2D eigenvalue weighted by atomic mass is 9.73. The van der Waals surface area contributed by atoms with E-state index in [9.17, 15) is 9.59 Å². The summed E-state index contributed by atoms with van der Waals surface area (Å²) in [4.78, 5) is 23.6. The Hall–Kier alpha value is -3.14. The number of hydrogen-bond donors (Lipinski definition) is 5. The first kappa shape index (κ1) is 22.1. The number of primary amides is 1. The Bertz CT molecular complexity index is 1010. The fourth-order valence-electron chi connectivity index (χ4n) is 4.72. The van der Waals surface area contributed by atoms with Crippen molar-refractivity contribution in [2.24, 2.45) is 28.9 Å². The maximum absolute atomic E-state index is 11.9. The predicted octanol–water partition coefficient (Wildman–Crippen LogP) is 0.995. The zero-order valence-electron chi connectivity index (χ0n) is 17.8. The minimum atomic E-state index is -0.895. The van der Waals surface area contributed by atoms with Gasteiger partial charge in [-0.15, -0.1) is 0 Å². The topological polar surface area (TPSA) is 169 Å². The summed E-state index contributed by atoms with van der Waals surface area (Å²) in [6.07, 6.45) is 0.763. The Morgan fingerprint density at radius 1 is 1.19 bits per heavy atom. The van der Waals surface area contributed by atoms with Crippen molar-refractivity contribution in [2.45, 2.75) is 37.0 Å². The molecule has 2 aliphatic rings. The van der Waals surface area contributed by atoms with Crippen molar-refractivity contribution in [3.63, 3.8) is 0 Å². The maximum Gasteiger partial charge on any atom is 0.407 e. The van der Waals surface area contributed by atoms with E-state index in [4.69, 9.17) is 32.4 Å². The smallest absolute Gasteiger partial charge is 0.407 e. The number of carbonyl (C=O) groups excluding carboxylic acids is 2.